The zero-order valence-corrected chi connectivity index (χ0v) is 9.91. The molecule has 0 spiro atoms. The first-order chi connectivity index (χ1) is 8.12. The van der Waals surface area contributed by atoms with Gasteiger partial charge >= 0.3 is 5.97 Å². The van der Waals surface area contributed by atoms with Crippen LogP contribution in [0.4, 0.5) is 0 Å². The summed E-state index contributed by atoms with van der Waals surface area (Å²) in [6.45, 7) is 0.710. The van der Waals surface area contributed by atoms with Gasteiger partial charge in [0.1, 0.15) is 5.54 Å². The topological polar surface area (TPSA) is 75.6 Å². The molecule has 2 rings (SSSR count). The Morgan fingerprint density at radius 3 is 2.53 bits per heavy atom. The van der Waals surface area contributed by atoms with Gasteiger partial charge in [0, 0.05) is 6.61 Å². The van der Waals surface area contributed by atoms with Crippen LogP contribution in [-0.2, 0) is 14.3 Å². The predicted molar refractivity (Wildman–Crippen MR) is 60.6 cm³/mol. The highest BCUT2D eigenvalue weighted by molar-refractivity contribution is 5.87. The molecule has 5 nitrogen and oxygen atoms in total. The Labute approximate surface area is 101 Å². The quantitative estimate of drug-likeness (QED) is 0.772. The number of hydrogen-bond acceptors (Lipinski definition) is 3. The molecule has 0 aromatic rings. The summed E-state index contributed by atoms with van der Waals surface area (Å²) in [4.78, 5) is 23.1. The molecule has 2 fully saturated rings. The van der Waals surface area contributed by atoms with Gasteiger partial charge in [-0.3, -0.25) is 4.79 Å². The van der Waals surface area contributed by atoms with Gasteiger partial charge < -0.3 is 15.2 Å². The minimum atomic E-state index is -1.02. The number of aliphatic carboxylic acids is 1. The van der Waals surface area contributed by atoms with E-state index in [4.69, 9.17) is 4.74 Å². The monoisotopic (exact) mass is 241 g/mol. The Hall–Kier alpha value is -1.10. The smallest absolute Gasteiger partial charge is 0.329 e. The van der Waals surface area contributed by atoms with Crippen LogP contribution in [0.15, 0.2) is 0 Å². The molecule has 1 unspecified atom stereocenters. The van der Waals surface area contributed by atoms with E-state index in [1.54, 1.807) is 0 Å². The van der Waals surface area contributed by atoms with Gasteiger partial charge in [0.15, 0.2) is 0 Å². The molecule has 1 amide bonds. The Balaban J connectivity index is 1.89. The van der Waals surface area contributed by atoms with Gasteiger partial charge in [-0.25, -0.2) is 4.79 Å². The second-order valence-electron chi connectivity index (χ2n) is 4.98. The molecule has 0 aromatic heterocycles. The molecule has 5 heteroatoms. The Kier molecular flexibility index (Phi) is 3.66. The van der Waals surface area contributed by atoms with Crippen molar-refractivity contribution in [3.8, 4) is 0 Å². The Morgan fingerprint density at radius 2 is 2.00 bits per heavy atom. The Morgan fingerprint density at radius 1 is 1.29 bits per heavy atom. The zero-order chi connectivity index (χ0) is 12.3. The van der Waals surface area contributed by atoms with E-state index >= 15 is 0 Å². The molecular formula is C12H19NO4. The number of amides is 1. The van der Waals surface area contributed by atoms with Crippen LogP contribution in [0.2, 0.25) is 0 Å². The molecule has 1 atom stereocenters. The van der Waals surface area contributed by atoms with E-state index in [-0.39, 0.29) is 18.4 Å². The lowest BCUT2D eigenvalue weighted by atomic mass is 9.97. The molecule has 1 aliphatic heterocycles. The fourth-order valence-corrected chi connectivity index (χ4v) is 2.70. The first-order valence-corrected chi connectivity index (χ1v) is 6.28. The number of carbonyl (C=O) groups excluding carboxylic acids is 1. The largest absolute Gasteiger partial charge is 0.480 e. The van der Waals surface area contributed by atoms with Gasteiger partial charge in [0.05, 0.1) is 12.5 Å². The van der Waals surface area contributed by atoms with Crippen molar-refractivity contribution < 1.29 is 19.4 Å². The number of hydrogen-bond donors (Lipinski definition) is 2. The summed E-state index contributed by atoms with van der Waals surface area (Å²) in [7, 11) is 0. The van der Waals surface area contributed by atoms with Crippen molar-refractivity contribution in [3.63, 3.8) is 0 Å². The lowest BCUT2D eigenvalue weighted by Crippen LogP contribution is -2.53. The third-order valence-electron chi connectivity index (χ3n) is 3.68. The number of rotatable bonds is 4. The average Bonchev–Trinajstić information content (AvgIpc) is 2.89. The van der Waals surface area contributed by atoms with Crippen LogP contribution >= 0.6 is 0 Å². The molecule has 17 heavy (non-hydrogen) atoms. The van der Waals surface area contributed by atoms with Gasteiger partial charge in [-0.05, 0) is 25.7 Å². The van der Waals surface area contributed by atoms with Crippen LogP contribution < -0.4 is 5.32 Å². The number of ether oxygens (including phenoxy) is 1. The molecule has 2 aliphatic rings. The second kappa shape index (κ2) is 5.04. The average molecular weight is 241 g/mol. The van der Waals surface area contributed by atoms with Gasteiger partial charge in [-0.15, -0.1) is 0 Å². The molecular weight excluding hydrogens is 222 g/mol. The second-order valence-corrected chi connectivity index (χ2v) is 4.98. The maximum atomic E-state index is 11.8. The minimum Gasteiger partial charge on any atom is -0.480 e. The van der Waals surface area contributed by atoms with Gasteiger partial charge in [-0.2, -0.15) is 0 Å². The van der Waals surface area contributed by atoms with E-state index in [0.29, 0.717) is 19.4 Å². The van der Waals surface area contributed by atoms with Crippen LogP contribution in [0.3, 0.4) is 0 Å². The van der Waals surface area contributed by atoms with E-state index in [0.717, 1.165) is 25.7 Å². The summed E-state index contributed by atoms with van der Waals surface area (Å²) in [5, 5.41) is 11.9. The van der Waals surface area contributed by atoms with Crippen LogP contribution in [0.25, 0.3) is 0 Å². The molecule has 1 saturated heterocycles. The summed E-state index contributed by atoms with van der Waals surface area (Å²) in [6, 6.07) is 0. The summed E-state index contributed by atoms with van der Waals surface area (Å²) in [5.74, 6) is -1.10. The molecule has 2 N–H and O–H groups in total. The van der Waals surface area contributed by atoms with Crippen molar-refractivity contribution in [2.45, 2.75) is 56.6 Å². The maximum Gasteiger partial charge on any atom is 0.329 e. The van der Waals surface area contributed by atoms with E-state index in [1.165, 1.54) is 0 Å². The van der Waals surface area contributed by atoms with Crippen molar-refractivity contribution in [2.75, 3.05) is 6.61 Å². The molecule has 0 bridgehead atoms. The normalized spacial score (nSPS) is 26.9. The van der Waals surface area contributed by atoms with Crippen molar-refractivity contribution in [1.82, 2.24) is 5.32 Å². The van der Waals surface area contributed by atoms with Crippen molar-refractivity contribution in [1.29, 1.82) is 0 Å². The van der Waals surface area contributed by atoms with Crippen LogP contribution in [0.1, 0.15) is 44.9 Å². The lowest BCUT2D eigenvalue weighted by Gasteiger charge is -2.25. The summed E-state index contributed by atoms with van der Waals surface area (Å²) < 4.78 is 5.37. The van der Waals surface area contributed by atoms with Gasteiger partial charge in [0.25, 0.3) is 0 Å². The first-order valence-electron chi connectivity index (χ1n) is 6.28. The molecule has 0 aromatic carbocycles. The fourth-order valence-electron chi connectivity index (χ4n) is 2.70. The summed E-state index contributed by atoms with van der Waals surface area (Å²) >= 11 is 0. The van der Waals surface area contributed by atoms with E-state index < -0.39 is 11.5 Å². The SMILES string of the molecule is O=C(CC1CCCO1)NC1(C(=O)O)CCCC1. The first kappa shape index (κ1) is 12.4. The van der Waals surface area contributed by atoms with Crippen molar-refractivity contribution >= 4 is 11.9 Å². The van der Waals surface area contributed by atoms with Crippen LogP contribution in [0, 0.1) is 0 Å². The standard InChI is InChI=1S/C12H19NO4/c14-10(8-9-4-3-7-17-9)13-12(11(15)16)5-1-2-6-12/h9H,1-8H2,(H,13,14)(H,15,16). The number of nitrogens with one attached hydrogen (secondary N) is 1. The highest BCUT2D eigenvalue weighted by Crippen LogP contribution is 2.30. The zero-order valence-electron chi connectivity index (χ0n) is 9.91. The van der Waals surface area contributed by atoms with Crippen molar-refractivity contribution in [2.24, 2.45) is 0 Å². The van der Waals surface area contributed by atoms with Gasteiger partial charge in [-0.1, -0.05) is 12.8 Å². The van der Waals surface area contributed by atoms with Gasteiger partial charge in [0.2, 0.25) is 5.91 Å². The van der Waals surface area contributed by atoms with E-state index in [9.17, 15) is 14.7 Å². The summed E-state index contributed by atoms with van der Waals surface area (Å²) in [6.07, 6.45) is 4.96. The van der Waals surface area contributed by atoms with Crippen LogP contribution in [0.5, 0.6) is 0 Å². The molecule has 1 aliphatic carbocycles. The van der Waals surface area contributed by atoms with E-state index in [1.807, 2.05) is 0 Å². The minimum absolute atomic E-state index is 0.0257. The lowest BCUT2D eigenvalue weighted by molar-refractivity contribution is -0.147. The number of carboxylic acid groups (broad SMARTS) is 1. The highest BCUT2D eigenvalue weighted by atomic mass is 16.5. The number of carboxylic acids is 1. The third kappa shape index (κ3) is 2.77. The maximum absolute atomic E-state index is 11.8. The molecule has 96 valence electrons. The molecule has 0 radical (unpaired) electrons. The predicted octanol–water partition coefficient (Wildman–Crippen LogP) is 1.07. The third-order valence-corrected chi connectivity index (χ3v) is 3.68. The fraction of sp³-hybridized carbons (Fsp3) is 0.833. The molecule has 1 heterocycles. The van der Waals surface area contributed by atoms with E-state index in [2.05, 4.69) is 5.32 Å². The molecule has 1 saturated carbocycles. The Bertz CT molecular complexity index is 304. The number of carbonyl (C=O) groups is 2. The van der Waals surface area contributed by atoms with Crippen molar-refractivity contribution in [3.05, 3.63) is 0 Å². The van der Waals surface area contributed by atoms with Crippen LogP contribution in [-0.4, -0.2) is 35.2 Å². The highest BCUT2D eigenvalue weighted by Gasteiger charge is 2.42. The summed E-state index contributed by atoms with van der Waals surface area (Å²) in [5.41, 5.74) is -1.02.